The third kappa shape index (κ3) is 7.19. The highest BCUT2D eigenvalue weighted by Crippen LogP contribution is 2.21. The molecule has 0 aliphatic carbocycles. The average Bonchev–Trinajstić information content (AvgIpc) is 2.75. The van der Waals surface area contributed by atoms with Gasteiger partial charge in [-0.2, -0.15) is 18.2 Å². The highest BCUT2D eigenvalue weighted by Gasteiger charge is 2.38. The molecule has 2 aromatic heterocycles. The standard InChI is InChI=1S/C17H14BrF2N5O2.C2HF3O2/c1-9-24-16(27-8-10-2-3-11(19)4-13(10)20)15(18)17(26)25(9)7-12-5-23-14(21)6-22-12;3-2(4,5)1(6)7/h2-6H,7-8H2,1H3,(H2,21,23);(H,6,7). The molecule has 3 aromatic rings. The minimum absolute atomic E-state index is 0.0147. The van der Waals surface area contributed by atoms with Gasteiger partial charge in [-0.3, -0.25) is 14.3 Å². The van der Waals surface area contributed by atoms with Gasteiger partial charge in [0.25, 0.3) is 5.56 Å². The highest BCUT2D eigenvalue weighted by atomic mass is 79.9. The second kappa shape index (κ2) is 11.0. The Morgan fingerprint density at radius 1 is 1.24 bits per heavy atom. The predicted molar refractivity (Wildman–Crippen MR) is 111 cm³/mol. The van der Waals surface area contributed by atoms with E-state index in [2.05, 4.69) is 30.9 Å². The number of nitrogens with two attached hydrogens (primary N) is 1. The summed E-state index contributed by atoms with van der Waals surface area (Å²) in [4.78, 5) is 33.8. The number of nitrogen functional groups attached to an aromatic ring is 1. The van der Waals surface area contributed by atoms with E-state index in [4.69, 9.17) is 20.4 Å². The number of alkyl halides is 3. The first-order valence-electron chi connectivity index (χ1n) is 8.99. The van der Waals surface area contributed by atoms with Crippen LogP contribution < -0.4 is 16.0 Å². The Morgan fingerprint density at radius 2 is 1.88 bits per heavy atom. The van der Waals surface area contributed by atoms with Gasteiger partial charge in [-0.1, -0.05) is 0 Å². The molecule has 182 valence electrons. The lowest BCUT2D eigenvalue weighted by Gasteiger charge is -2.13. The number of carboxylic acids is 1. The fourth-order valence-corrected chi connectivity index (χ4v) is 2.71. The van der Waals surface area contributed by atoms with Gasteiger partial charge in [-0.25, -0.2) is 18.6 Å². The van der Waals surface area contributed by atoms with E-state index in [1.54, 1.807) is 6.92 Å². The van der Waals surface area contributed by atoms with Crippen molar-refractivity contribution >= 4 is 27.7 Å². The van der Waals surface area contributed by atoms with Gasteiger partial charge in [0.1, 0.15) is 34.4 Å². The molecule has 0 bridgehead atoms. The molecule has 0 radical (unpaired) electrons. The number of benzene rings is 1. The summed E-state index contributed by atoms with van der Waals surface area (Å²) in [5, 5.41) is 7.12. The van der Waals surface area contributed by atoms with Crippen molar-refractivity contribution in [1.29, 1.82) is 0 Å². The van der Waals surface area contributed by atoms with Crippen molar-refractivity contribution in [3.63, 3.8) is 0 Å². The summed E-state index contributed by atoms with van der Waals surface area (Å²) in [5.74, 6) is -3.51. The van der Waals surface area contributed by atoms with Gasteiger partial charge >= 0.3 is 12.1 Å². The number of halogens is 6. The molecule has 2 heterocycles. The molecule has 15 heteroatoms. The van der Waals surface area contributed by atoms with Crippen molar-refractivity contribution in [2.45, 2.75) is 26.3 Å². The summed E-state index contributed by atoms with van der Waals surface area (Å²) in [5.41, 5.74) is 5.78. The monoisotopic (exact) mass is 551 g/mol. The second-order valence-corrected chi connectivity index (χ2v) is 7.22. The summed E-state index contributed by atoms with van der Waals surface area (Å²) < 4.78 is 65.3. The normalized spacial score (nSPS) is 10.9. The Balaban J connectivity index is 0.000000509. The van der Waals surface area contributed by atoms with Crippen LogP contribution in [0.1, 0.15) is 17.1 Å². The van der Waals surface area contributed by atoms with Gasteiger partial charge in [0.05, 0.1) is 24.6 Å². The van der Waals surface area contributed by atoms with E-state index in [-0.39, 0.29) is 34.9 Å². The summed E-state index contributed by atoms with van der Waals surface area (Å²) in [7, 11) is 0. The number of hydrogen-bond donors (Lipinski definition) is 2. The molecule has 0 amide bonds. The largest absolute Gasteiger partial charge is 0.490 e. The van der Waals surface area contributed by atoms with Crippen molar-refractivity contribution in [2.24, 2.45) is 0 Å². The molecular weight excluding hydrogens is 537 g/mol. The summed E-state index contributed by atoms with van der Waals surface area (Å²) in [6.45, 7) is 1.57. The van der Waals surface area contributed by atoms with Crippen molar-refractivity contribution in [3.8, 4) is 5.88 Å². The molecule has 0 unspecified atom stereocenters. The molecule has 0 aliphatic heterocycles. The molecular formula is C19H15BrF5N5O4. The number of anilines is 1. The van der Waals surface area contributed by atoms with Crippen LogP contribution in [-0.4, -0.2) is 36.8 Å². The number of carbonyl (C=O) groups is 1. The Bertz CT molecular complexity index is 1240. The Labute approximate surface area is 196 Å². The number of carboxylic acid groups (broad SMARTS) is 1. The summed E-state index contributed by atoms with van der Waals surface area (Å²) in [6.07, 6.45) is -2.22. The predicted octanol–water partition coefficient (Wildman–Crippen LogP) is 3.23. The third-order valence-electron chi connectivity index (χ3n) is 3.94. The zero-order valence-corrected chi connectivity index (χ0v) is 18.7. The topological polar surface area (TPSA) is 133 Å². The smallest absolute Gasteiger partial charge is 0.475 e. The average molecular weight is 552 g/mol. The number of aromatic nitrogens is 4. The van der Waals surface area contributed by atoms with E-state index < -0.39 is 29.3 Å². The minimum Gasteiger partial charge on any atom is -0.475 e. The maximum absolute atomic E-state index is 13.7. The Kier molecular flexibility index (Phi) is 8.62. The lowest BCUT2D eigenvalue weighted by molar-refractivity contribution is -0.192. The molecule has 0 atom stereocenters. The van der Waals surface area contributed by atoms with Crippen LogP contribution in [0.25, 0.3) is 0 Å². The number of aliphatic carboxylic acids is 1. The van der Waals surface area contributed by atoms with Crippen LogP contribution in [0.3, 0.4) is 0 Å². The van der Waals surface area contributed by atoms with E-state index in [9.17, 15) is 26.7 Å². The van der Waals surface area contributed by atoms with Crippen molar-refractivity contribution in [3.05, 3.63) is 74.1 Å². The number of ether oxygens (including phenoxy) is 1. The zero-order chi connectivity index (χ0) is 25.6. The third-order valence-corrected chi connectivity index (χ3v) is 4.62. The molecule has 0 fully saturated rings. The second-order valence-electron chi connectivity index (χ2n) is 6.43. The fourth-order valence-electron chi connectivity index (χ4n) is 2.29. The lowest BCUT2D eigenvalue weighted by atomic mass is 10.2. The van der Waals surface area contributed by atoms with Gasteiger partial charge in [0.15, 0.2) is 0 Å². The van der Waals surface area contributed by atoms with E-state index in [1.165, 1.54) is 23.0 Å². The van der Waals surface area contributed by atoms with Crippen molar-refractivity contribution in [1.82, 2.24) is 19.5 Å². The van der Waals surface area contributed by atoms with Crippen LogP contribution in [0.5, 0.6) is 5.88 Å². The fraction of sp³-hybridized carbons (Fsp3) is 0.211. The lowest BCUT2D eigenvalue weighted by Crippen LogP contribution is -2.26. The van der Waals surface area contributed by atoms with Gasteiger partial charge in [0.2, 0.25) is 5.88 Å². The number of rotatable bonds is 5. The molecule has 9 nitrogen and oxygen atoms in total. The number of nitrogens with zero attached hydrogens (tertiary/aromatic N) is 4. The van der Waals surface area contributed by atoms with Crippen LogP contribution in [0.2, 0.25) is 0 Å². The van der Waals surface area contributed by atoms with Crippen LogP contribution in [0.15, 0.2) is 39.9 Å². The maximum Gasteiger partial charge on any atom is 0.490 e. The van der Waals surface area contributed by atoms with Crippen molar-refractivity contribution in [2.75, 3.05) is 5.73 Å². The summed E-state index contributed by atoms with van der Waals surface area (Å²) in [6, 6.07) is 3.16. The van der Waals surface area contributed by atoms with E-state index in [1.807, 2.05) is 0 Å². The molecule has 0 spiro atoms. The van der Waals surface area contributed by atoms with E-state index in [0.29, 0.717) is 11.5 Å². The Hall–Kier alpha value is -3.62. The van der Waals surface area contributed by atoms with Crippen LogP contribution in [0, 0.1) is 18.6 Å². The zero-order valence-electron chi connectivity index (χ0n) is 17.1. The maximum atomic E-state index is 13.7. The minimum atomic E-state index is -5.08. The van der Waals surface area contributed by atoms with Crippen LogP contribution in [-0.2, 0) is 17.9 Å². The molecule has 34 heavy (non-hydrogen) atoms. The first kappa shape index (κ1) is 26.6. The number of aryl methyl sites for hydroxylation is 1. The number of hydrogen-bond acceptors (Lipinski definition) is 7. The van der Waals surface area contributed by atoms with Crippen molar-refractivity contribution < 1.29 is 36.6 Å². The molecule has 3 N–H and O–H groups in total. The van der Waals surface area contributed by atoms with Crippen LogP contribution >= 0.6 is 15.9 Å². The molecule has 0 aliphatic rings. The quantitative estimate of drug-likeness (QED) is 0.462. The molecule has 3 rings (SSSR count). The van der Waals surface area contributed by atoms with E-state index in [0.717, 1.165) is 12.1 Å². The van der Waals surface area contributed by atoms with Gasteiger partial charge in [0, 0.05) is 11.6 Å². The molecule has 1 aromatic carbocycles. The Morgan fingerprint density at radius 3 is 2.41 bits per heavy atom. The van der Waals surface area contributed by atoms with E-state index >= 15 is 0 Å². The SMILES string of the molecule is Cc1nc(OCc2ccc(F)cc2F)c(Br)c(=O)n1Cc1cnc(N)cn1.O=C(O)C(F)(F)F. The molecule has 0 saturated heterocycles. The van der Waals surface area contributed by atoms with Crippen LogP contribution in [0.4, 0.5) is 27.8 Å². The first-order chi connectivity index (χ1) is 15.8. The van der Waals surface area contributed by atoms with Gasteiger partial charge < -0.3 is 15.6 Å². The van der Waals surface area contributed by atoms with Gasteiger partial charge in [-0.15, -0.1) is 0 Å². The summed E-state index contributed by atoms with van der Waals surface area (Å²) >= 11 is 3.16. The highest BCUT2D eigenvalue weighted by molar-refractivity contribution is 9.10. The first-order valence-corrected chi connectivity index (χ1v) is 9.79. The molecule has 0 saturated carbocycles. The van der Waals surface area contributed by atoms with Gasteiger partial charge in [-0.05, 0) is 35.0 Å².